The van der Waals surface area contributed by atoms with Crippen molar-refractivity contribution in [2.75, 3.05) is 26.3 Å². The lowest BCUT2D eigenvalue weighted by molar-refractivity contribution is -0.00692. The van der Waals surface area contributed by atoms with Gasteiger partial charge in [0.15, 0.2) is 0 Å². The van der Waals surface area contributed by atoms with Gasteiger partial charge in [-0.25, -0.2) is 4.79 Å². The van der Waals surface area contributed by atoms with E-state index in [9.17, 15) is 9.90 Å². The van der Waals surface area contributed by atoms with Crippen molar-refractivity contribution in [3.8, 4) is 0 Å². The Kier molecular flexibility index (Phi) is 6.86. The average molecular weight is 320 g/mol. The van der Waals surface area contributed by atoms with Crippen molar-refractivity contribution >= 4 is 6.03 Å². The van der Waals surface area contributed by atoms with Gasteiger partial charge in [-0.3, -0.25) is 0 Å². The molecule has 1 aromatic carbocycles. The lowest BCUT2D eigenvalue weighted by Crippen LogP contribution is -2.53. The molecule has 5 nitrogen and oxygen atoms in total. The number of nitrogens with zero attached hydrogens (tertiary/aromatic N) is 1. The molecular weight excluding hydrogens is 292 g/mol. The molecule has 2 N–H and O–H groups in total. The number of benzene rings is 1. The van der Waals surface area contributed by atoms with Crippen LogP contribution in [0.25, 0.3) is 0 Å². The molecule has 2 atom stereocenters. The highest BCUT2D eigenvalue weighted by Crippen LogP contribution is 2.22. The quantitative estimate of drug-likeness (QED) is 0.847. The van der Waals surface area contributed by atoms with Crippen LogP contribution in [0.5, 0.6) is 0 Å². The first-order valence-electron chi connectivity index (χ1n) is 8.43. The topological polar surface area (TPSA) is 61.8 Å². The number of rotatable bonds is 6. The number of ether oxygens (including phenoxy) is 1. The molecule has 5 heteroatoms. The number of urea groups is 1. The van der Waals surface area contributed by atoms with Gasteiger partial charge in [0, 0.05) is 19.5 Å². The number of aliphatic hydroxyl groups excluding tert-OH is 1. The molecule has 2 rings (SSSR count). The highest BCUT2D eigenvalue weighted by Gasteiger charge is 2.29. The molecule has 1 aliphatic rings. The molecule has 0 radical (unpaired) electrons. The third kappa shape index (κ3) is 5.52. The first-order chi connectivity index (χ1) is 11.1. The molecule has 128 valence electrons. The maximum Gasteiger partial charge on any atom is 0.317 e. The van der Waals surface area contributed by atoms with Crippen molar-refractivity contribution in [1.29, 1.82) is 0 Å². The van der Waals surface area contributed by atoms with E-state index in [0.29, 0.717) is 38.6 Å². The Hall–Kier alpha value is -1.59. The summed E-state index contributed by atoms with van der Waals surface area (Å²) in [6, 6.07) is 9.40. The number of hydrogen-bond donors (Lipinski definition) is 2. The Bertz CT molecular complexity index is 478. The Morgan fingerprint density at radius 2 is 2.13 bits per heavy atom. The number of amides is 2. The minimum atomic E-state index is -0.589. The SMILES string of the molecule is CC(C)CCNC(=O)N1CCOCC1CC(O)c1ccccc1. The summed E-state index contributed by atoms with van der Waals surface area (Å²) in [5.74, 6) is 0.565. The number of aliphatic hydroxyl groups is 1. The third-order valence-corrected chi connectivity index (χ3v) is 4.17. The van der Waals surface area contributed by atoms with Crippen LogP contribution in [0, 0.1) is 5.92 Å². The van der Waals surface area contributed by atoms with Gasteiger partial charge in [0.1, 0.15) is 0 Å². The molecule has 0 spiro atoms. The summed E-state index contributed by atoms with van der Waals surface area (Å²) in [7, 11) is 0. The van der Waals surface area contributed by atoms with Crippen molar-refractivity contribution < 1.29 is 14.6 Å². The summed E-state index contributed by atoms with van der Waals surface area (Å²) < 4.78 is 5.51. The Morgan fingerprint density at radius 3 is 2.83 bits per heavy atom. The number of carbonyl (C=O) groups excluding carboxylic acids is 1. The fraction of sp³-hybridized carbons (Fsp3) is 0.611. The fourth-order valence-electron chi connectivity index (χ4n) is 2.76. The lowest BCUT2D eigenvalue weighted by Gasteiger charge is -2.36. The van der Waals surface area contributed by atoms with E-state index < -0.39 is 6.10 Å². The zero-order chi connectivity index (χ0) is 16.7. The molecule has 2 amide bonds. The van der Waals surface area contributed by atoms with Gasteiger partial charge in [-0.2, -0.15) is 0 Å². The molecule has 23 heavy (non-hydrogen) atoms. The molecular formula is C18H28N2O3. The summed E-state index contributed by atoms with van der Waals surface area (Å²) >= 11 is 0. The standard InChI is InChI=1S/C18H28N2O3/c1-14(2)8-9-19-18(22)20-10-11-23-13-16(20)12-17(21)15-6-4-3-5-7-15/h3-7,14,16-17,21H,8-13H2,1-2H3,(H,19,22). The number of hydrogen-bond acceptors (Lipinski definition) is 3. The van der Waals surface area contributed by atoms with E-state index in [4.69, 9.17) is 4.74 Å². The Labute approximate surface area is 138 Å². The second-order valence-electron chi connectivity index (χ2n) is 6.50. The van der Waals surface area contributed by atoms with Crippen molar-refractivity contribution in [2.45, 2.75) is 38.8 Å². The summed E-state index contributed by atoms with van der Waals surface area (Å²) in [6.45, 7) is 6.55. The fourth-order valence-corrected chi connectivity index (χ4v) is 2.76. The smallest absolute Gasteiger partial charge is 0.317 e. The second kappa shape index (κ2) is 8.89. The second-order valence-corrected chi connectivity index (χ2v) is 6.50. The Morgan fingerprint density at radius 1 is 1.39 bits per heavy atom. The van der Waals surface area contributed by atoms with Crippen LogP contribution in [-0.4, -0.2) is 48.4 Å². The van der Waals surface area contributed by atoms with Gasteiger partial charge < -0.3 is 20.1 Å². The monoisotopic (exact) mass is 320 g/mol. The van der Waals surface area contributed by atoms with Gasteiger partial charge in [-0.05, 0) is 17.9 Å². The van der Waals surface area contributed by atoms with Crippen LogP contribution < -0.4 is 5.32 Å². The van der Waals surface area contributed by atoms with Crippen LogP contribution in [-0.2, 0) is 4.74 Å². The zero-order valence-electron chi connectivity index (χ0n) is 14.1. The predicted octanol–water partition coefficient (Wildman–Crippen LogP) is 2.57. The maximum atomic E-state index is 12.4. The van der Waals surface area contributed by atoms with Crippen molar-refractivity contribution in [3.63, 3.8) is 0 Å². The van der Waals surface area contributed by atoms with Crippen LogP contribution >= 0.6 is 0 Å². The number of carbonyl (C=O) groups is 1. The van der Waals surface area contributed by atoms with E-state index in [-0.39, 0.29) is 12.1 Å². The summed E-state index contributed by atoms with van der Waals surface area (Å²) in [5.41, 5.74) is 0.873. The third-order valence-electron chi connectivity index (χ3n) is 4.17. The van der Waals surface area contributed by atoms with E-state index in [0.717, 1.165) is 12.0 Å². The number of nitrogens with one attached hydrogen (secondary N) is 1. The minimum absolute atomic E-state index is 0.0563. The normalized spacial score (nSPS) is 19.7. The van der Waals surface area contributed by atoms with E-state index >= 15 is 0 Å². The minimum Gasteiger partial charge on any atom is -0.388 e. The highest BCUT2D eigenvalue weighted by atomic mass is 16.5. The Balaban J connectivity index is 1.91. The molecule has 0 saturated carbocycles. The summed E-state index contributed by atoms with van der Waals surface area (Å²) in [6.07, 6.45) is 0.864. The van der Waals surface area contributed by atoms with E-state index in [1.54, 1.807) is 4.90 Å². The van der Waals surface area contributed by atoms with Gasteiger partial charge >= 0.3 is 6.03 Å². The molecule has 2 unspecified atom stereocenters. The van der Waals surface area contributed by atoms with Gasteiger partial charge in [0.05, 0.1) is 25.4 Å². The van der Waals surface area contributed by atoms with Crippen LogP contribution in [0.15, 0.2) is 30.3 Å². The molecule has 1 heterocycles. The molecule has 0 aromatic heterocycles. The summed E-state index contributed by atoms with van der Waals surface area (Å²) in [4.78, 5) is 14.2. The highest BCUT2D eigenvalue weighted by molar-refractivity contribution is 5.74. The van der Waals surface area contributed by atoms with Gasteiger partial charge in [-0.1, -0.05) is 44.2 Å². The zero-order valence-corrected chi connectivity index (χ0v) is 14.1. The first kappa shape index (κ1) is 17.8. The molecule has 1 aromatic rings. The van der Waals surface area contributed by atoms with Gasteiger partial charge in [-0.15, -0.1) is 0 Å². The van der Waals surface area contributed by atoms with E-state index in [1.807, 2.05) is 30.3 Å². The van der Waals surface area contributed by atoms with Crippen molar-refractivity contribution in [1.82, 2.24) is 10.2 Å². The lowest BCUT2D eigenvalue weighted by atomic mass is 10.0. The molecule has 0 bridgehead atoms. The van der Waals surface area contributed by atoms with Crippen molar-refractivity contribution in [3.05, 3.63) is 35.9 Å². The van der Waals surface area contributed by atoms with Crippen LogP contribution in [0.3, 0.4) is 0 Å². The van der Waals surface area contributed by atoms with Crippen LogP contribution in [0.2, 0.25) is 0 Å². The van der Waals surface area contributed by atoms with E-state index in [1.165, 1.54) is 0 Å². The van der Waals surface area contributed by atoms with Crippen LogP contribution in [0.1, 0.15) is 38.4 Å². The van der Waals surface area contributed by atoms with E-state index in [2.05, 4.69) is 19.2 Å². The summed E-state index contributed by atoms with van der Waals surface area (Å²) in [5, 5.41) is 13.4. The van der Waals surface area contributed by atoms with Crippen LogP contribution in [0.4, 0.5) is 4.79 Å². The average Bonchev–Trinajstić information content (AvgIpc) is 2.55. The maximum absolute atomic E-state index is 12.4. The number of morpholine rings is 1. The first-order valence-corrected chi connectivity index (χ1v) is 8.43. The van der Waals surface area contributed by atoms with Gasteiger partial charge in [0.2, 0.25) is 0 Å². The van der Waals surface area contributed by atoms with Crippen molar-refractivity contribution in [2.24, 2.45) is 5.92 Å². The largest absolute Gasteiger partial charge is 0.388 e. The van der Waals surface area contributed by atoms with Gasteiger partial charge in [0.25, 0.3) is 0 Å². The molecule has 0 aliphatic carbocycles. The predicted molar refractivity (Wildman–Crippen MR) is 90.2 cm³/mol. The molecule has 1 fully saturated rings. The molecule has 1 saturated heterocycles. The molecule has 1 aliphatic heterocycles.